The quantitative estimate of drug-likeness (QED) is 0.470. The molecule has 0 saturated heterocycles. The third-order valence-electron chi connectivity index (χ3n) is 7.04. The first-order chi connectivity index (χ1) is 16.9. The van der Waals surface area contributed by atoms with Crippen LogP contribution in [0.15, 0.2) is 48.5 Å². The molecule has 2 aromatic rings. The van der Waals surface area contributed by atoms with Crippen LogP contribution in [0.25, 0.3) is 11.1 Å². The number of ether oxygens (including phenoxy) is 1. The van der Waals surface area contributed by atoms with E-state index in [9.17, 15) is 19.5 Å². The minimum absolute atomic E-state index is 0.0767. The van der Waals surface area contributed by atoms with Crippen LogP contribution in [0.2, 0.25) is 0 Å². The third-order valence-corrected chi connectivity index (χ3v) is 7.68. The van der Waals surface area contributed by atoms with Crippen molar-refractivity contribution in [1.29, 1.82) is 0 Å². The Hall–Kier alpha value is -3.00. The lowest BCUT2D eigenvalue weighted by Gasteiger charge is -2.37. The molecule has 8 heteroatoms. The number of hydrogen-bond donors (Lipinski definition) is 3. The number of nitrogens with one attached hydrogen (secondary N) is 2. The summed E-state index contributed by atoms with van der Waals surface area (Å²) in [5, 5.41) is 15.0. The second-order valence-corrected chi connectivity index (χ2v) is 10.2. The van der Waals surface area contributed by atoms with E-state index in [1.54, 1.807) is 0 Å². The molecule has 0 heterocycles. The van der Waals surface area contributed by atoms with Crippen LogP contribution >= 0.6 is 11.8 Å². The number of alkyl carbamates (subject to hydrolysis) is 1. The van der Waals surface area contributed by atoms with Crippen LogP contribution in [0.3, 0.4) is 0 Å². The van der Waals surface area contributed by atoms with Gasteiger partial charge in [-0.2, -0.15) is 11.8 Å². The van der Waals surface area contributed by atoms with E-state index in [0.29, 0.717) is 25.0 Å². The van der Waals surface area contributed by atoms with Crippen LogP contribution in [-0.4, -0.2) is 53.3 Å². The maximum absolute atomic E-state index is 13.3. The van der Waals surface area contributed by atoms with Crippen LogP contribution in [-0.2, 0) is 14.3 Å². The monoisotopic (exact) mass is 496 g/mol. The van der Waals surface area contributed by atoms with Gasteiger partial charge in [0.1, 0.15) is 18.2 Å². The number of thioether (sulfide) groups is 1. The molecule has 2 aliphatic carbocycles. The summed E-state index contributed by atoms with van der Waals surface area (Å²) in [5.74, 6) is -0.977. The summed E-state index contributed by atoms with van der Waals surface area (Å²) < 4.78 is 5.69. The van der Waals surface area contributed by atoms with E-state index in [0.717, 1.165) is 41.5 Å². The highest BCUT2D eigenvalue weighted by Gasteiger charge is 2.43. The van der Waals surface area contributed by atoms with Crippen molar-refractivity contribution in [3.05, 3.63) is 59.7 Å². The van der Waals surface area contributed by atoms with Gasteiger partial charge in [-0.25, -0.2) is 9.59 Å². The third kappa shape index (κ3) is 5.48. The topological polar surface area (TPSA) is 105 Å². The van der Waals surface area contributed by atoms with Crippen molar-refractivity contribution in [3.8, 4) is 11.1 Å². The molecule has 3 N–H and O–H groups in total. The van der Waals surface area contributed by atoms with Gasteiger partial charge in [0.15, 0.2) is 0 Å². The van der Waals surface area contributed by atoms with Crippen molar-refractivity contribution in [2.45, 2.75) is 56.0 Å². The first kappa shape index (κ1) is 25.1. The largest absolute Gasteiger partial charge is 0.480 e. The molecule has 2 amide bonds. The highest BCUT2D eigenvalue weighted by atomic mass is 32.2. The lowest BCUT2D eigenvalue weighted by Crippen LogP contribution is -2.62. The van der Waals surface area contributed by atoms with Gasteiger partial charge in [0.05, 0.1) is 0 Å². The van der Waals surface area contributed by atoms with Crippen molar-refractivity contribution < 1.29 is 24.2 Å². The molecular formula is C27H32N2O5S. The number of carbonyl (C=O) groups excluding carboxylic acids is 2. The molecule has 4 rings (SSSR count). The summed E-state index contributed by atoms with van der Waals surface area (Å²) in [6.45, 7) is 0.156. The zero-order valence-corrected chi connectivity index (χ0v) is 20.7. The summed E-state index contributed by atoms with van der Waals surface area (Å²) in [7, 11) is 0. The normalized spacial score (nSPS) is 17.1. The molecule has 0 spiro atoms. The second-order valence-electron chi connectivity index (χ2n) is 9.24. The Balaban J connectivity index is 1.45. The lowest BCUT2D eigenvalue weighted by atomic mass is 9.80. The number of rotatable bonds is 9. The first-order valence-corrected chi connectivity index (χ1v) is 13.5. The van der Waals surface area contributed by atoms with Gasteiger partial charge >= 0.3 is 12.1 Å². The number of benzene rings is 2. The van der Waals surface area contributed by atoms with Gasteiger partial charge in [-0.05, 0) is 53.5 Å². The molecule has 0 aliphatic heterocycles. The minimum atomic E-state index is -1.16. The Morgan fingerprint density at radius 2 is 1.63 bits per heavy atom. The molecule has 0 aromatic heterocycles. The number of carboxylic acid groups (broad SMARTS) is 1. The number of amides is 2. The highest BCUT2D eigenvalue weighted by molar-refractivity contribution is 7.98. The fourth-order valence-electron chi connectivity index (χ4n) is 5.18. The average Bonchev–Trinajstić information content (AvgIpc) is 3.19. The maximum Gasteiger partial charge on any atom is 0.408 e. The van der Waals surface area contributed by atoms with Crippen molar-refractivity contribution in [2.24, 2.45) is 0 Å². The van der Waals surface area contributed by atoms with E-state index in [1.165, 1.54) is 11.8 Å². The van der Waals surface area contributed by atoms with E-state index < -0.39 is 29.6 Å². The summed E-state index contributed by atoms with van der Waals surface area (Å²) in [4.78, 5) is 37.9. The van der Waals surface area contributed by atoms with Gasteiger partial charge in [-0.1, -0.05) is 67.8 Å². The molecule has 1 saturated carbocycles. The van der Waals surface area contributed by atoms with Gasteiger partial charge < -0.3 is 20.5 Å². The van der Waals surface area contributed by atoms with Crippen LogP contribution in [0, 0.1) is 0 Å². The SMILES string of the molecule is CSCCC(NC(=O)C1(NC(=O)OCC2c3ccccc3-c3ccccc32)CCCCC1)C(=O)O. The second kappa shape index (κ2) is 11.2. The van der Waals surface area contributed by atoms with E-state index in [4.69, 9.17) is 4.74 Å². The van der Waals surface area contributed by atoms with Crippen LogP contribution in [0.1, 0.15) is 55.6 Å². The standard InChI is InChI=1S/C27H32N2O5S/c1-35-16-13-23(24(30)31)28-25(32)27(14-7-2-8-15-27)29-26(33)34-17-22-20-11-5-3-9-18(20)19-10-4-6-12-21(19)22/h3-6,9-12,22-23H,2,7-8,13-17H2,1H3,(H,28,32)(H,29,33)(H,30,31). The molecule has 1 fully saturated rings. The zero-order valence-electron chi connectivity index (χ0n) is 19.9. The number of aliphatic carboxylic acids is 1. The fourth-order valence-corrected chi connectivity index (χ4v) is 5.65. The fraction of sp³-hybridized carbons (Fsp3) is 0.444. The van der Waals surface area contributed by atoms with Crippen LogP contribution in [0.5, 0.6) is 0 Å². The Bertz CT molecular complexity index is 1040. The Morgan fingerprint density at radius 3 is 2.20 bits per heavy atom. The molecule has 2 aromatic carbocycles. The van der Waals surface area contributed by atoms with Gasteiger partial charge in [-0.3, -0.25) is 4.79 Å². The van der Waals surface area contributed by atoms with Crippen molar-refractivity contribution in [3.63, 3.8) is 0 Å². The summed E-state index contributed by atoms with van der Waals surface area (Å²) >= 11 is 1.52. The Morgan fingerprint density at radius 1 is 1.03 bits per heavy atom. The Labute approximate surface area is 210 Å². The summed E-state index contributed by atoms with van der Waals surface area (Å²) in [6.07, 6.45) is 5.00. The average molecular weight is 497 g/mol. The van der Waals surface area contributed by atoms with Gasteiger partial charge in [0.25, 0.3) is 0 Å². The van der Waals surface area contributed by atoms with Crippen molar-refractivity contribution in [2.75, 3.05) is 18.6 Å². The van der Waals surface area contributed by atoms with E-state index >= 15 is 0 Å². The molecule has 7 nitrogen and oxygen atoms in total. The number of carbonyl (C=O) groups is 3. The Kier molecular flexibility index (Phi) is 8.00. The van der Waals surface area contributed by atoms with E-state index in [-0.39, 0.29) is 12.5 Å². The molecule has 0 radical (unpaired) electrons. The first-order valence-electron chi connectivity index (χ1n) is 12.1. The number of fused-ring (bicyclic) bond motifs is 3. The van der Waals surface area contributed by atoms with E-state index in [2.05, 4.69) is 34.9 Å². The predicted octanol–water partition coefficient (Wildman–Crippen LogP) is 4.55. The molecule has 1 unspecified atom stereocenters. The van der Waals surface area contributed by atoms with Crippen molar-refractivity contribution in [1.82, 2.24) is 10.6 Å². The summed E-state index contributed by atoms with van der Waals surface area (Å²) in [6, 6.07) is 15.2. The zero-order chi connectivity index (χ0) is 24.8. The lowest BCUT2D eigenvalue weighted by molar-refractivity contribution is -0.143. The highest BCUT2D eigenvalue weighted by Crippen LogP contribution is 2.44. The van der Waals surface area contributed by atoms with Gasteiger partial charge in [0.2, 0.25) is 5.91 Å². The molecule has 1 atom stereocenters. The molecular weight excluding hydrogens is 464 g/mol. The molecule has 2 aliphatic rings. The molecule has 0 bridgehead atoms. The molecule has 35 heavy (non-hydrogen) atoms. The minimum Gasteiger partial charge on any atom is -0.480 e. The van der Waals surface area contributed by atoms with Gasteiger partial charge in [-0.15, -0.1) is 0 Å². The van der Waals surface area contributed by atoms with Crippen LogP contribution < -0.4 is 10.6 Å². The van der Waals surface area contributed by atoms with Crippen molar-refractivity contribution >= 4 is 29.7 Å². The maximum atomic E-state index is 13.3. The number of hydrogen-bond acceptors (Lipinski definition) is 5. The van der Waals surface area contributed by atoms with Gasteiger partial charge in [0, 0.05) is 5.92 Å². The number of carboxylic acids is 1. The molecule has 186 valence electrons. The van der Waals surface area contributed by atoms with Crippen LogP contribution in [0.4, 0.5) is 4.79 Å². The predicted molar refractivity (Wildman–Crippen MR) is 137 cm³/mol. The van der Waals surface area contributed by atoms with E-state index in [1.807, 2.05) is 30.5 Å². The smallest absolute Gasteiger partial charge is 0.408 e. The summed E-state index contributed by atoms with van der Waals surface area (Å²) in [5.41, 5.74) is 3.36.